The Morgan fingerprint density at radius 1 is 0.811 bits per heavy atom. The topological polar surface area (TPSA) is 76.1 Å². The standard InChI is InChI=1S/C41H33F6NO5/c42-40(43,44)28-19-29(41(45,46)47)21-30(20-28)48-38(50)33-18-27(22-52-32-9-5-2-6-10-32)36-34(37(33)39(48)51)23-53-35(36)16-13-26(25-7-3-1-4-8-25)17-24-11-14-31(49)15-12-24/h1-12,14-15,17,19-21,33-35,37,49H,13,16,18,22-23H2/b26-17-/t33-,34+,35-,37-/m1/s1. The minimum Gasteiger partial charge on any atom is -0.508 e. The van der Waals surface area contributed by atoms with Gasteiger partial charge in [-0.05, 0) is 89.6 Å². The lowest BCUT2D eigenvalue weighted by atomic mass is 9.69. The number of alkyl halides is 6. The number of carbonyl (C=O) groups excluding carboxylic acids is 2. The number of anilines is 1. The lowest BCUT2D eigenvalue weighted by molar-refractivity contribution is -0.143. The van der Waals surface area contributed by atoms with E-state index in [-0.39, 0.29) is 31.5 Å². The molecule has 0 unspecified atom stereocenters. The maximum absolute atomic E-state index is 14.1. The van der Waals surface area contributed by atoms with Crippen molar-refractivity contribution in [1.29, 1.82) is 0 Å². The minimum absolute atomic E-state index is 0.0181. The fourth-order valence-electron chi connectivity index (χ4n) is 7.63. The van der Waals surface area contributed by atoms with Crippen molar-refractivity contribution in [2.45, 2.75) is 37.7 Å². The van der Waals surface area contributed by atoms with Gasteiger partial charge in [0.05, 0.1) is 41.4 Å². The molecule has 0 bridgehead atoms. The van der Waals surface area contributed by atoms with Crippen LogP contribution >= 0.6 is 0 Å². The number of ether oxygens (including phenoxy) is 2. The third-order valence-electron chi connectivity index (χ3n) is 10.0. The van der Waals surface area contributed by atoms with Gasteiger partial charge in [0.15, 0.2) is 0 Å². The predicted octanol–water partition coefficient (Wildman–Crippen LogP) is 9.35. The predicted molar refractivity (Wildman–Crippen MR) is 184 cm³/mol. The smallest absolute Gasteiger partial charge is 0.416 e. The second kappa shape index (κ2) is 14.2. The summed E-state index contributed by atoms with van der Waals surface area (Å²) < 4.78 is 95.1. The Bertz CT molecular complexity index is 2030. The van der Waals surface area contributed by atoms with E-state index in [1.807, 2.05) is 42.5 Å². The van der Waals surface area contributed by atoms with E-state index in [9.17, 15) is 41.0 Å². The number of carbonyl (C=O) groups is 2. The maximum atomic E-state index is 14.1. The number of phenols is 1. The van der Waals surface area contributed by atoms with Crippen LogP contribution in [0.5, 0.6) is 11.5 Å². The van der Waals surface area contributed by atoms with Crippen molar-refractivity contribution in [3.63, 3.8) is 0 Å². The average molecular weight is 734 g/mol. The maximum Gasteiger partial charge on any atom is 0.416 e. The molecule has 2 fully saturated rings. The lowest BCUT2D eigenvalue weighted by Crippen LogP contribution is -2.35. The zero-order chi connectivity index (χ0) is 37.5. The van der Waals surface area contributed by atoms with Gasteiger partial charge in [-0.2, -0.15) is 26.3 Å². The number of benzene rings is 4. The van der Waals surface area contributed by atoms with Gasteiger partial charge < -0.3 is 14.6 Å². The summed E-state index contributed by atoms with van der Waals surface area (Å²) in [6, 6.07) is 26.2. The molecule has 53 heavy (non-hydrogen) atoms. The molecular formula is C41H33F6NO5. The van der Waals surface area contributed by atoms with Crippen LogP contribution in [0.2, 0.25) is 0 Å². The van der Waals surface area contributed by atoms with Crippen molar-refractivity contribution in [1.82, 2.24) is 0 Å². The van der Waals surface area contributed by atoms with Crippen molar-refractivity contribution >= 4 is 29.2 Å². The first-order chi connectivity index (χ1) is 25.3. The summed E-state index contributed by atoms with van der Waals surface area (Å²) in [5, 5.41) is 9.78. The zero-order valence-electron chi connectivity index (χ0n) is 28.0. The van der Waals surface area contributed by atoms with Crippen molar-refractivity contribution in [2.75, 3.05) is 18.1 Å². The number of para-hydroxylation sites is 1. The molecule has 2 heterocycles. The van der Waals surface area contributed by atoms with Crippen LogP contribution in [0.3, 0.4) is 0 Å². The Labute approximate surface area is 301 Å². The number of hydrogen-bond donors (Lipinski definition) is 1. The van der Waals surface area contributed by atoms with Crippen molar-refractivity contribution in [2.24, 2.45) is 17.8 Å². The summed E-state index contributed by atoms with van der Waals surface area (Å²) in [4.78, 5) is 28.5. The molecule has 4 atom stereocenters. The van der Waals surface area contributed by atoms with Gasteiger partial charge in [0.2, 0.25) is 11.8 Å². The van der Waals surface area contributed by atoms with Gasteiger partial charge in [-0.15, -0.1) is 0 Å². The van der Waals surface area contributed by atoms with E-state index in [1.54, 1.807) is 48.5 Å². The molecule has 4 aromatic carbocycles. The van der Waals surface area contributed by atoms with Crippen LogP contribution in [-0.2, 0) is 26.7 Å². The monoisotopic (exact) mass is 733 g/mol. The molecule has 2 aliphatic heterocycles. The summed E-state index contributed by atoms with van der Waals surface area (Å²) in [5.74, 6) is -3.77. The first-order valence-corrected chi connectivity index (χ1v) is 17.0. The molecule has 0 spiro atoms. The molecule has 7 rings (SSSR count). The van der Waals surface area contributed by atoms with Gasteiger partial charge in [0, 0.05) is 5.92 Å². The van der Waals surface area contributed by atoms with Gasteiger partial charge >= 0.3 is 12.4 Å². The van der Waals surface area contributed by atoms with Crippen molar-refractivity contribution in [3.8, 4) is 11.5 Å². The normalized spacial score (nSPS) is 21.9. The summed E-state index contributed by atoms with van der Waals surface area (Å²) >= 11 is 0. The molecule has 3 aliphatic rings. The average Bonchev–Trinajstić information content (AvgIpc) is 3.67. The third kappa shape index (κ3) is 7.46. The molecule has 0 aromatic heterocycles. The Morgan fingerprint density at radius 2 is 1.43 bits per heavy atom. The largest absolute Gasteiger partial charge is 0.508 e. The van der Waals surface area contributed by atoms with Gasteiger partial charge in [0.1, 0.15) is 18.1 Å². The molecular weight excluding hydrogens is 700 g/mol. The van der Waals surface area contributed by atoms with E-state index in [0.29, 0.717) is 41.2 Å². The highest BCUT2D eigenvalue weighted by atomic mass is 19.4. The molecule has 274 valence electrons. The summed E-state index contributed by atoms with van der Waals surface area (Å²) in [5.41, 5.74) is 0.260. The van der Waals surface area contributed by atoms with Crippen LogP contribution in [0, 0.1) is 17.8 Å². The first-order valence-electron chi connectivity index (χ1n) is 17.0. The first kappa shape index (κ1) is 36.0. The Morgan fingerprint density at radius 3 is 2.06 bits per heavy atom. The number of imide groups is 1. The molecule has 12 heteroatoms. The van der Waals surface area contributed by atoms with Crippen molar-refractivity contribution in [3.05, 3.63) is 137 Å². The van der Waals surface area contributed by atoms with Crippen LogP contribution in [0.25, 0.3) is 11.6 Å². The number of allylic oxidation sites excluding steroid dienone is 1. The van der Waals surface area contributed by atoms with E-state index in [4.69, 9.17) is 9.47 Å². The quantitative estimate of drug-likeness (QED) is 0.0804. The number of rotatable bonds is 9. The molecule has 1 aliphatic carbocycles. The highest BCUT2D eigenvalue weighted by Crippen LogP contribution is 2.51. The summed E-state index contributed by atoms with van der Waals surface area (Å²) in [6.07, 6.45) is -7.82. The molecule has 2 amide bonds. The molecule has 6 nitrogen and oxygen atoms in total. The summed E-state index contributed by atoms with van der Waals surface area (Å²) in [6.45, 7) is 0.0681. The van der Waals surface area contributed by atoms with Gasteiger partial charge in [-0.1, -0.05) is 66.7 Å². The Hall–Kier alpha value is -5.36. The molecule has 4 aromatic rings. The fraction of sp³-hybridized carbons (Fsp3) is 0.268. The molecule has 0 radical (unpaired) electrons. The number of fused-ring (bicyclic) bond motifs is 3. The van der Waals surface area contributed by atoms with Gasteiger partial charge in [-0.3, -0.25) is 9.59 Å². The number of aromatic hydroxyl groups is 1. The fourth-order valence-corrected chi connectivity index (χ4v) is 7.63. The van der Waals surface area contributed by atoms with Crippen LogP contribution in [0.1, 0.15) is 41.5 Å². The number of nitrogens with zero attached hydrogens (tertiary/aromatic N) is 1. The second-order valence-corrected chi connectivity index (χ2v) is 13.4. The highest BCUT2D eigenvalue weighted by Gasteiger charge is 2.58. The Kier molecular flexibility index (Phi) is 9.67. The number of amides is 2. The van der Waals surface area contributed by atoms with E-state index in [0.717, 1.165) is 22.3 Å². The SMILES string of the molecule is O=C1[C@@H]2[C@@H](CC(COc3ccccc3)=C3[C@@H](CC/C(=C/c4ccc(O)cc4)c4ccccc4)OC[C@@H]32)C(=O)N1c1cc(C(F)(F)F)cc(C(F)(F)F)c1. The van der Waals surface area contributed by atoms with Crippen LogP contribution in [0.4, 0.5) is 32.0 Å². The van der Waals surface area contributed by atoms with Gasteiger partial charge in [0.25, 0.3) is 0 Å². The third-order valence-corrected chi connectivity index (χ3v) is 10.0. The summed E-state index contributed by atoms with van der Waals surface area (Å²) in [7, 11) is 0. The van der Waals surface area contributed by atoms with Crippen LogP contribution < -0.4 is 9.64 Å². The minimum atomic E-state index is -5.16. The van der Waals surface area contributed by atoms with E-state index in [2.05, 4.69) is 0 Å². The zero-order valence-corrected chi connectivity index (χ0v) is 28.0. The van der Waals surface area contributed by atoms with Gasteiger partial charge in [-0.25, -0.2) is 4.90 Å². The number of hydrogen-bond acceptors (Lipinski definition) is 5. The van der Waals surface area contributed by atoms with E-state index < -0.39 is 64.8 Å². The number of halogens is 6. The molecule has 1 N–H and O–H groups in total. The molecule has 0 saturated carbocycles. The lowest BCUT2D eigenvalue weighted by Gasteiger charge is -2.31. The van der Waals surface area contributed by atoms with Crippen molar-refractivity contribution < 1.29 is 50.5 Å². The number of phenolic OH excluding ortho intramolecular Hbond substituents is 1. The van der Waals surface area contributed by atoms with E-state index >= 15 is 0 Å². The Balaban J connectivity index is 1.22. The van der Waals surface area contributed by atoms with Crippen LogP contribution in [-0.4, -0.2) is 36.2 Å². The molecule has 2 saturated heterocycles. The second-order valence-electron chi connectivity index (χ2n) is 13.4. The van der Waals surface area contributed by atoms with Crippen LogP contribution in [0.15, 0.2) is 114 Å². The highest BCUT2D eigenvalue weighted by molar-refractivity contribution is 6.22. The van der Waals surface area contributed by atoms with E-state index in [1.165, 1.54) is 0 Å².